The number of nitrogens with one attached hydrogen (secondary N) is 1. The van der Waals surface area contributed by atoms with Crippen LogP contribution in [0.25, 0.3) is 0 Å². The van der Waals surface area contributed by atoms with Crippen molar-refractivity contribution in [2.45, 2.75) is 51.4 Å². The molecule has 4 aliphatic heterocycles. The molecule has 4 heterocycles. The van der Waals surface area contributed by atoms with Gasteiger partial charge in [-0.2, -0.15) is 0 Å². The highest BCUT2D eigenvalue weighted by atomic mass is 16.3. The predicted molar refractivity (Wildman–Crippen MR) is 193 cm³/mol. The van der Waals surface area contributed by atoms with Crippen molar-refractivity contribution >= 4 is 29.3 Å². The van der Waals surface area contributed by atoms with Gasteiger partial charge in [0.2, 0.25) is 0 Å². The van der Waals surface area contributed by atoms with Gasteiger partial charge < -0.3 is 20.8 Å². The zero-order chi connectivity index (χ0) is 36.9. The number of nitrogens with zero attached hydrogens (tertiary/aromatic N) is 2. The minimum atomic E-state index is -1.01. The summed E-state index contributed by atoms with van der Waals surface area (Å²) in [6.45, 7) is 6.61. The summed E-state index contributed by atoms with van der Waals surface area (Å²) in [5.74, 6) is -1.32. The number of fused-ring (bicyclic) bond motifs is 4. The average molecular weight is 707 g/mol. The first-order chi connectivity index (χ1) is 25.4. The first-order valence-electron chi connectivity index (χ1n) is 18.0. The Morgan fingerprint density at radius 3 is 2.04 bits per heavy atom. The predicted octanol–water partition coefficient (Wildman–Crippen LogP) is 3.37. The summed E-state index contributed by atoms with van der Waals surface area (Å²) < 4.78 is 0. The van der Waals surface area contributed by atoms with Crippen molar-refractivity contribution in [2.75, 3.05) is 6.54 Å². The molecule has 3 aromatic rings. The number of hydrogen-bond donors (Lipinski definition) is 3. The number of carbonyl (C=O) groups is 4. The van der Waals surface area contributed by atoms with Gasteiger partial charge in [0.15, 0.2) is 0 Å². The second-order valence-corrected chi connectivity index (χ2v) is 15.4. The Bertz CT molecular complexity index is 2280. The Kier molecular flexibility index (Phi) is 7.38. The van der Waals surface area contributed by atoms with Gasteiger partial charge in [0.05, 0.1) is 41.4 Å². The average Bonchev–Trinajstić information content (AvgIpc) is 3.78. The molecule has 10 nitrogen and oxygen atoms in total. The minimum Gasteiger partial charge on any atom is -0.872 e. The van der Waals surface area contributed by atoms with E-state index in [1.54, 1.807) is 54.6 Å². The van der Waals surface area contributed by atoms with Crippen molar-refractivity contribution in [1.82, 2.24) is 15.1 Å². The number of aliphatic hydroxyl groups excluding tert-OH is 1. The maximum Gasteiger partial charge on any atom is 0.261 e. The van der Waals surface area contributed by atoms with Gasteiger partial charge in [0, 0.05) is 28.5 Å². The molecule has 266 valence electrons. The van der Waals surface area contributed by atoms with Gasteiger partial charge in [-0.05, 0) is 70.8 Å². The summed E-state index contributed by atoms with van der Waals surface area (Å²) in [4.78, 5) is 54.4. The number of imide groups is 2. The highest BCUT2D eigenvalue weighted by Gasteiger charge is 2.46. The molecule has 1 fully saturated rings. The van der Waals surface area contributed by atoms with Crippen LogP contribution in [0.15, 0.2) is 125 Å². The molecule has 1 saturated heterocycles. The van der Waals surface area contributed by atoms with Gasteiger partial charge >= 0.3 is 0 Å². The lowest BCUT2D eigenvalue weighted by Gasteiger charge is -2.37. The molecule has 53 heavy (non-hydrogen) atoms. The van der Waals surface area contributed by atoms with E-state index in [-0.39, 0.29) is 66.4 Å². The van der Waals surface area contributed by atoms with E-state index in [4.69, 9.17) is 0 Å². The molecular formula is C43H38N4O6. The topological polar surface area (TPSA) is 147 Å². The van der Waals surface area contributed by atoms with Crippen LogP contribution >= 0.6 is 0 Å². The van der Waals surface area contributed by atoms with Crippen LogP contribution in [0.1, 0.15) is 79.2 Å². The van der Waals surface area contributed by atoms with Crippen LogP contribution in [-0.2, 0) is 6.54 Å². The molecule has 5 unspecified atom stereocenters. The quantitative estimate of drug-likeness (QED) is 0.263. The normalized spacial score (nSPS) is 28.0. The van der Waals surface area contributed by atoms with Gasteiger partial charge in [0.25, 0.3) is 23.6 Å². The molecule has 0 saturated carbocycles. The molecule has 0 spiro atoms. The molecule has 5 atom stereocenters. The maximum atomic E-state index is 13.5. The lowest BCUT2D eigenvalue weighted by molar-refractivity contribution is -0.591. The Labute approximate surface area is 306 Å². The third kappa shape index (κ3) is 5.00. The molecule has 9 rings (SSSR count). The summed E-state index contributed by atoms with van der Waals surface area (Å²) in [7, 11) is 0. The van der Waals surface area contributed by atoms with Crippen molar-refractivity contribution < 1.29 is 34.7 Å². The summed E-state index contributed by atoms with van der Waals surface area (Å²) >= 11 is 0. The Hall–Kier alpha value is -5.84. The van der Waals surface area contributed by atoms with Crippen LogP contribution < -0.4 is 15.7 Å². The zero-order valence-corrected chi connectivity index (χ0v) is 29.5. The fourth-order valence-corrected chi connectivity index (χ4v) is 8.74. The lowest BCUT2D eigenvalue weighted by Crippen LogP contribution is -2.82. The maximum absolute atomic E-state index is 13.5. The van der Waals surface area contributed by atoms with Gasteiger partial charge in [-0.1, -0.05) is 75.1 Å². The highest BCUT2D eigenvalue weighted by Crippen LogP contribution is 2.47. The number of rotatable bonds is 6. The third-order valence-corrected chi connectivity index (χ3v) is 12.0. The van der Waals surface area contributed by atoms with Crippen molar-refractivity contribution in [3.05, 3.63) is 159 Å². The largest absolute Gasteiger partial charge is 0.872 e. The van der Waals surface area contributed by atoms with E-state index in [0.717, 1.165) is 28.1 Å². The second-order valence-electron chi connectivity index (χ2n) is 15.4. The Balaban J connectivity index is 0.893. The number of benzene rings is 3. The van der Waals surface area contributed by atoms with Crippen LogP contribution in [0.2, 0.25) is 0 Å². The number of amides is 4. The third-order valence-electron chi connectivity index (χ3n) is 12.0. The van der Waals surface area contributed by atoms with Gasteiger partial charge in [0.1, 0.15) is 17.8 Å². The summed E-state index contributed by atoms with van der Waals surface area (Å²) in [5, 5.41) is 30.4. The van der Waals surface area contributed by atoms with Crippen LogP contribution in [0.5, 0.6) is 0 Å². The number of aliphatic hydroxyl groups is 1. The van der Waals surface area contributed by atoms with Crippen molar-refractivity contribution in [3.63, 3.8) is 0 Å². The monoisotopic (exact) mass is 706 g/mol. The number of quaternary nitrogens is 1. The molecule has 0 bridgehead atoms. The van der Waals surface area contributed by atoms with Crippen LogP contribution in [0, 0.1) is 11.3 Å². The molecule has 4 N–H and O–H groups in total. The summed E-state index contributed by atoms with van der Waals surface area (Å²) in [6, 6.07) is 19.5. The zero-order valence-electron chi connectivity index (χ0n) is 29.5. The molecule has 0 aromatic heterocycles. The van der Waals surface area contributed by atoms with Gasteiger partial charge in [-0.15, -0.1) is 0 Å². The molecular weight excluding hydrogens is 668 g/mol. The minimum absolute atomic E-state index is 0.00114. The number of allylic oxidation sites excluding steroid dienone is 1. The van der Waals surface area contributed by atoms with E-state index in [9.17, 15) is 29.4 Å². The van der Waals surface area contributed by atoms with E-state index in [1.165, 1.54) is 9.80 Å². The van der Waals surface area contributed by atoms with Crippen LogP contribution in [-0.4, -0.2) is 63.3 Å². The fourth-order valence-electron chi connectivity index (χ4n) is 8.74. The summed E-state index contributed by atoms with van der Waals surface area (Å²) in [5.41, 5.74) is 6.65. The van der Waals surface area contributed by atoms with E-state index in [1.807, 2.05) is 36.4 Å². The van der Waals surface area contributed by atoms with E-state index < -0.39 is 11.5 Å². The molecule has 10 heteroatoms. The number of carbonyl (C=O) groups excluding carboxylic acids is 4. The number of nitrogens with two attached hydrogens (primary N) is 1. The first-order valence-corrected chi connectivity index (χ1v) is 18.0. The smallest absolute Gasteiger partial charge is 0.261 e. The van der Waals surface area contributed by atoms with Gasteiger partial charge in [-0.25, -0.2) is 0 Å². The molecule has 4 amide bonds. The standard InChI is InChI=1S/C43H38N4O6/c1-22-29-16-23(20-46-39(50)25-8-4-5-9-26(25)40(46)51)12-14-33(29)44-35(22)18-30-37(48)31(38(30)49)19-36-43(2,3)32-17-24(13-15-34(32)45-36)21-47-41(52)27-10-6-7-11-28(27)42(47)53/h4-19,22,32,34-35,37,44-45,48-49H,20-21H2,1-3H3. The fraction of sp³-hybridized carbons (Fsp3) is 0.256. The lowest BCUT2D eigenvalue weighted by atomic mass is 9.73. The summed E-state index contributed by atoms with van der Waals surface area (Å²) in [6.07, 6.45) is 8.73. The van der Waals surface area contributed by atoms with E-state index in [0.29, 0.717) is 33.4 Å². The van der Waals surface area contributed by atoms with Crippen molar-refractivity contribution in [1.29, 1.82) is 0 Å². The molecule has 2 aliphatic carbocycles. The van der Waals surface area contributed by atoms with Gasteiger partial charge in [-0.3, -0.25) is 29.0 Å². The van der Waals surface area contributed by atoms with E-state index >= 15 is 0 Å². The molecule has 0 radical (unpaired) electrons. The number of hydrogen-bond acceptors (Lipinski definition) is 7. The van der Waals surface area contributed by atoms with Crippen molar-refractivity contribution in [3.8, 4) is 0 Å². The van der Waals surface area contributed by atoms with E-state index in [2.05, 4.69) is 37.5 Å². The second kappa shape index (κ2) is 11.8. The highest BCUT2D eigenvalue weighted by molar-refractivity contribution is 6.22. The molecule has 6 aliphatic rings. The van der Waals surface area contributed by atoms with Crippen LogP contribution in [0.4, 0.5) is 5.69 Å². The van der Waals surface area contributed by atoms with Crippen LogP contribution in [0.3, 0.4) is 0 Å². The Morgan fingerprint density at radius 1 is 0.868 bits per heavy atom. The first kappa shape index (κ1) is 33.0. The van der Waals surface area contributed by atoms with Crippen molar-refractivity contribution in [2.24, 2.45) is 11.3 Å². The Morgan fingerprint density at radius 2 is 1.45 bits per heavy atom. The SMILES string of the molecule is CC1c2cc(CN3C(=O)c4ccccc4C3=O)ccc2[NH2+]C1C=C1C([O-])=C(C=C2NC3C=CC(CN4C(=O)c5ccccc5C4=O)=CC3C2(C)C)C1O. The molecule has 3 aromatic carbocycles.